The SMILES string of the molecule is C1=CCNC1.C1=CNCC1.CC.CC.CC.CC.CC.CC.CC.CC.CC.CC.c1c[nH]cn1.c1cc[nH]c1.c1cn[nH]c1. The van der Waals surface area contributed by atoms with E-state index in [9.17, 15) is 0 Å². The second-order valence-electron chi connectivity index (χ2n) is 4.69. The Morgan fingerprint density at radius 2 is 0.933 bits per heavy atom. The van der Waals surface area contributed by atoms with Crippen LogP contribution < -0.4 is 10.6 Å². The molecule has 0 saturated carbocycles. The molecule has 0 unspecified atom stereocenters. The van der Waals surface area contributed by atoms with E-state index in [0.29, 0.717) is 0 Å². The molecule has 0 fully saturated rings. The van der Waals surface area contributed by atoms with E-state index in [-0.39, 0.29) is 0 Å². The monoisotopic (exact) mass is 642 g/mol. The van der Waals surface area contributed by atoms with E-state index in [0.717, 1.165) is 19.6 Å². The topological polar surface area (TPSA) is 97.2 Å². The Balaban J connectivity index is -0.0000000375. The zero-order chi connectivity index (χ0) is 37.7. The summed E-state index contributed by atoms with van der Waals surface area (Å²) in [5.41, 5.74) is 0. The zero-order valence-corrected chi connectivity index (χ0v) is 34.3. The molecule has 5 heterocycles. The van der Waals surface area contributed by atoms with Gasteiger partial charge in [-0.05, 0) is 30.8 Å². The van der Waals surface area contributed by atoms with Gasteiger partial charge in [0.2, 0.25) is 0 Å². The zero-order valence-electron chi connectivity index (χ0n) is 34.3. The average Bonchev–Trinajstić information content (AvgIpc) is 4.04. The van der Waals surface area contributed by atoms with Crippen molar-refractivity contribution < 1.29 is 0 Å². The lowest BCUT2D eigenvalue weighted by atomic mass is 10.5. The van der Waals surface area contributed by atoms with Crippen LogP contribution in [-0.4, -0.2) is 44.8 Å². The lowest BCUT2D eigenvalue weighted by Gasteiger charge is -1.78. The fourth-order valence-corrected chi connectivity index (χ4v) is 1.54. The molecule has 7 nitrogen and oxygen atoms in total. The average molecular weight is 642 g/mol. The highest BCUT2D eigenvalue weighted by Crippen LogP contribution is 1.84. The van der Waals surface area contributed by atoms with Crippen LogP contribution in [0, 0.1) is 0 Å². The van der Waals surface area contributed by atoms with Gasteiger partial charge >= 0.3 is 0 Å². The quantitative estimate of drug-likeness (QED) is 0.158. The first-order chi connectivity index (χ1) is 22.5. The van der Waals surface area contributed by atoms with Gasteiger partial charge in [-0.15, -0.1) is 0 Å². The molecule has 3 aromatic rings. The van der Waals surface area contributed by atoms with E-state index in [1.54, 1.807) is 31.1 Å². The molecular weight excluding hydrogens is 554 g/mol. The predicted molar refractivity (Wildman–Crippen MR) is 215 cm³/mol. The van der Waals surface area contributed by atoms with Crippen LogP contribution in [0.3, 0.4) is 0 Å². The van der Waals surface area contributed by atoms with Crippen LogP contribution in [0.4, 0.5) is 0 Å². The van der Waals surface area contributed by atoms with Gasteiger partial charge in [0.05, 0.1) is 6.33 Å². The molecule has 3 aromatic heterocycles. The van der Waals surface area contributed by atoms with E-state index >= 15 is 0 Å². The van der Waals surface area contributed by atoms with Gasteiger partial charge in [0.15, 0.2) is 0 Å². The highest BCUT2D eigenvalue weighted by molar-refractivity contribution is 4.92. The number of nitrogens with one attached hydrogen (secondary N) is 5. The third-order valence-corrected chi connectivity index (χ3v) is 2.69. The lowest BCUT2D eigenvalue weighted by Crippen LogP contribution is -2.04. The molecule has 0 radical (unpaired) electrons. The Hall–Kier alpha value is -3.06. The van der Waals surface area contributed by atoms with Crippen molar-refractivity contribution in [2.45, 2.75) is 145 Å². The lowest BCUT2D eigenvalue weighted by molar-refractivity contribution is 0.892. The van der Waals surface area contributed by atoms with Crippen molar-refractivity contribution in [2.24, 2.45) is 0 Å². The van der Waals surface area contributed by atoms with Crippen molar-refractivity contribution in [2.75, 3.05) is 19.6 Å². The van der Waals surface area contributed by atoms with Gasteiger partial charge in [-0.25, -0.2) is 4.98 Å². The fourth-order valence-electron chi connectivity index (χ4n) is 1.54. The summed E-state index contributed by atoms with van der Waals surface area (Å²) in [7, 11) is 0. The minimum absolute atomic E-state index is 1.07. The first-order valence-electron chi connectivity index (χ1n) is 18.2. The van der Waals surface area contributed by atoms with Crippen LogP contribution in [0.25, 0.3) is 0 Å². The van der Waals surface area contributed by atoms with E-state index in [2.05, 4.69) is 54.0 Å². The van der Waals surface area contributed by atoms with Crippen LogP contribution in [0.1, 0.15) is 145 Å². The summed E-state index contributed by atoms with van der Waals surface area (Å²) in [5.74, 6) is 0. The maximum Gasteiger partial charge on any atom is 0.0919 e. The molecule has 0 atom stereocenters. The number of imidazole rings is 1. The van der Waals surface area contributed by atoms with Gasteiger partial charge in [-0.3, -0.25) is 5.10 Å². The van der Waals surface area contributed by atoms with Crippen LogP contribution in [0.5, 0.6) is 0 Å². The summed E-state index contributed by atoms with van der Waals surface area (Å²) >= 11 is 0. The molecule has 0 bridgehead atoms. The number of aromatic amines is 3. The van der Waals surface area contributed by atoms with E-state index in [4.69, 9.17) is 0 Å². The maximum atomic E-state index is 3.67. The second-order valence-corrected chi connectivity index (χ2v) is 4.69. The summed E-state index contributed by atoms with van der Waals surface area (Å²) in [6.45, 7) is 43.3. The molecule has 0 amide bonds. The van der Waals surface area contributed by atoms with Crippen LogP contribution >= 0.6 is 0 Å². The highest BCUT2D eigenvalue weighted by Gasteiger charge is 1.82. The fraction of sp³-hybridized carbons (Fsp3) is 0.632. The second kappa shape index (κ2) is 136. The van der Waals surface area contributed by atoms with Crippen LogP contribution in [0.2, 0.25) is 0 Å². The Morgan fingerprint density at radius 3 is 1.04 bits per heavy atom. The first-order valence-corrected chi connectivity index (χ1v) is 18.2. The molecule has 5 N–H and O–H groups in total. The molecule has 7 heteroatoms. The number of rotatable bonds is 0. The number of nitrogens with zero attached hydrogens (tertiary/aromatic N) is 2. The smallest absolute Gasteiger partial charge is 0.0919 e. The van der Waals surface area contributed by atoms with Gasteiger partial charge in [0.25, 0.3) is 0 Å². The van der Waals surface area contributed by atoms with Gasteiger partial charge in [0.1, 0.15) is 0 Å². The van der Waals surface area contributed by atoms with E-state index in [1.165, 1.54) is 6.42 Å². The van der Waals surface area contributed by atoms with Gasteiger partial charge in [-0.1, -0.05) is 157 Å². The molecule has 274 valence electrons. The van der Waals surface area contributed by atoms with Crippen molar-refractivity contribution in [1.82, 2.24) is 35.8 Å². The Bertz CT molecular complexity index is 448. The van der Waals surface area contributed by atoms with Gasteiger partial charge in [0, 0.05) is 56.8 Å². The van der Waals surface area contributed by atoms with Crippen LogP contribution in [0.15, 0.2) is 86.1 Å². The van der Waals surface area contributed by atoms with Crippen molar-refractivity contribution in [3.05, 3.63) is 86.1 Å². The molecular formula is C38H87N7. The predicted octanol–water partition coefficient (Wildman–Crippen LogP) is 12.7. The molecule has 0 saturated heterocycles. The number of hydrogen-bond donors (Lipinski definition) is 5. The largest absolute Gasteiger partial charge is 0.391 e. The Morgan fingerprint density at radius 1 is 0.467 bits per heavy atom. The Labute approximate surface area is 286 Å². The minimum atomic E-state index is 1.07. The summed E-state index contributed by atoms with van der Waals surface area (Å²) < 4.78 is 0. The van der Waals surface area contributed by atoms with Crippen molar-refractivity contribution in [3.63, 3.8) is 0 Å². The van der Waals surface area contributed by atoms with Crippen molar-refractivity contribution in [3.8, 4) is 0 Å². The van der Waals surface area contributed by atoms with Gasteiger partial charge < -0.3 is 20.6 Å². The van der Waals surface area contributed by atoms with Crippen LogP contribution in [-0.2, 0) is 0 Å². The maximum absolute atomic E-state index is 3.67. The summed E-state index contributed by atoms with van der Waals surface area (Å²) in [6, 6.07) is 5.72. The van der Waals surface area contributed by atoms with Crippen molar-refractivity contribution in [1.29, 1.82) is 0 Å². The molecule has 45 heavy (non-hydrogen) atoms. The molecule has 0 spiro atoms. The number of aromatic nitrogens is 5. The number of H-pyrrole nitrogens is 3. The van der Waals surface area contributed by atoms with E-state index < -0.39 is 0 Å². The standard InChI is InChI=1S/2C4H7N.C4H5N.2C3H4N2.10C2H6/c3*1-2-4-5-3-1;1-2-5-3-4-1;1-2-4-5-3-1;10*1-2/h1,3,5H,2,4H2;1-2,5H,3-4H2;1-5H;2*1-3H,(H,4,5);10*1-2H3. The van der Waals surface area contributed by atoms with Crippen molar-refractivity contribution >= 4 is 0 Å². The summed E-state index contributed by atoms with van der Waals surface area (Å²) in [4.78, 5) is 9.28. The number of hydrogen-bond acceptors (Lipinski definition) is 4. The molecule has 5 rings (SSSR count). The van der Waals surface area contributed by atoms with Gasteiger partial charge in [-0.2, -0.15) is 5.10 Å². The van der Waals surface area contributed by atoms with E-state index in [1.807, 2.05) is 175 Å². The first kappa shape index (κ1) is 68.9. The molecule has 2 aliphatic heterocycles. The molecule has 2 aliphatic rings. The highest BCUT2D eigenvalue weighted by atomic mass is 15.1. The molecule has 0 aromatic carbocycles. The third kappa shape index (κ3) is 129. The normalized spacial score (nSPS) is 8.44. The summed E-state index contributed by atoms with van der Waals surface area (Å²) in [5, 5.41) is 12.4. The molecule has 0 aliphatic carbocycles. The minimum Gasteiger partial charge on any atom is -0.391 e. The Kier molecular flexibility index (Phi) is 208. The third-order valence-electron chi connectivity index (χ3n) is 2.69. The summed E-state index contributed by atoms with van der Waals surface area (Å²) in [6.07, 6.45) is 21.9.